The summed E-state index contributed by atoms with van der Waals surface area (Å²) in [6, 6.07) is 13.6. The molecule has 0 saturated carbocycles. The van der Waals surface area contributed by atoms with E-state index in [0.717, 1.165) is 5.56 Å². The number of nitrogens with zero attached hydrogens (tertiary/aromatic N) is 2. The lowest BCUT2D eigenvalue weighted by molar-refractivity contribution is -0.192. The minimum absolute atomic E-state index is 0.313. The van der Waals surface area contributed by atoms with E-state index in [1.54, 1.807) is 48.5 Å². The monoisotopic (exact) mass is 552 g/mol. The Bertz CT molecular complexity index is 1140. The maximum absolute atomic E-state index is 12.7. The van der Waals surface area contributed by atoms with Gasteiger partial charge in [-0.25, -0.2) is 18.0 Å². The number of carboxylic acids is 2. The fourth-order valence-electron chi connectivity index (χ4n) is 3.24. The first-order valence-electron chi connectivity index (χ1n) is 10.5. The van der Waals surface area contributed by atoms with Crippen molar-refractivity contribution >= 4 is 33.6 Å². The zero-order valence-corrected chi connectivity index (χ0v) is 20.4. The number of carbonyl (C=O) groups is 2. The molecule has 9 nitrogen and oxygen atoms in total. The third-order valence-electron chi connectivity index (χ3n) is 5.03. The lowest BCUT2D eigenvalue weighted by Gasteiger charge is -2.34. The highest BCUT2D eigenvalue weighted by molar-refractivity contribution is 7.89. The van der Waals surface area contributed by atoms with Crippen LogP contribution in [0.3, 0.4) is 0 Å². The van der Waals surface area contributed by atoms with Gasteiger partial charge in [0.25, 0.3) is 0 Å². The zero-order valence-electron chi connectivity index (χ0n) is 18.8. The molecule has 2 N–H and O–H groups in total. The summed E-state index contributed by atoms with van der Waals surface area (Å²) in [5.74, 6) is -3.30. The number of benzene rings is 2. The number of sulfonamides is 1. The normalized spacial score (nSPS) is 15.0. The molecule has 1 aliphatic rings. The molecule has 1 saturated heterocycles. The molecule has 0 amide bonds. The molecular weight excluding hydrogens is 529 g/mol. The molecule has 36 heavy (non-hydrogen) atoms. The van der Waals surface area contributed by atoms with Gasteiger partial charge in [-0.15, -0.1) is 0 Å². The second-order valence-electron chi connectivity index (χ2n) is 7.55. The van der Waals surface area contributed by atoms with E-state index < -0.39 is 34.7 Å². The highest BCUT2D eigenvalue weighted by Gasteiger charge is 2.38. The third kappa shape index (κ3) is 8.97. The molecule has 0 spiro atoms. The highest BCUT2D eigenvalue weighted by atomic mass is 35.5. The topological polar surface area (TPSA) is 124 Å². The van der Waals surface area contributed by atoms with Gasteiger partial charge >= 0.3 is 18.1 Å². The summed E-state index contributed by atoms with van der Waals surface area (Å²) < 4.78 is 64.0. The maximum Gasteiger partial charge on any atom is 0.490 e. The largest absolute Gasteiger partial charge is 0.490 e. The molecular formula is C22H24ClF3N2O7S. The first kappa shape index (κ1) is 29.4. The highest BCUT2D eigenvalue weighted by Crippen LogP contribution is 2.24. The number of ether oxygens (including phenoxy) is 1. The Kier molecular flexibility index (Phi) is 10.5. The number of piperazine rings is 1. The van der Waals surface area contributed by atoms with Crippen molar-refractivity contribution in [1.29, 1.82) is 0 Å². The van der Waals surface area contributed by atoms with Crippen molar-refractivity contribution < 1.29 is 46.1 Å². The van der Waals surface area contributed by atoms with E-state index in [1.165, 1.54) is 4.31 Å². The molecule has 0 bridgehead atoms. The Balaban J connectivity index is 0.000000572. The fraction of sp³-hybridized carbons (Fsp3) is 0.364. The molecule has 14 heteroatoms. The summed E-state index contributed by atoms with van der Waals surface area (Å²) in [7, 11) is -3.47. The van der Waals surface area contributed by atoms with Crippen LogP contribution in [-0.2, 0) is 26.0 Å². The van der Waals surface area contributed by atoms with Crippen LogP contribution >= 0.6 is 11.6 Å². The molecule has 0 aromatic heterocycles. The van der Waals surface area contributed by atoms with Crippen molar-refractivity contribution in [3.63, 3.8) is 0 Å². The smallest absolute Gasteiger partial charge is 0.482 e. The number of carboxylic acid groups (broad SMARTS) is 2. The fourth-order valence-corrected chi connectivity index (χ4v) is 4.88. The SMILES string of the molecule is O=C(O)C(F)(F)F.O=C(O)COc1ccc(Cl)cc1CCN1CCN(S(=O)(=O)c2ccccc2)CC1. The van der Waals surface area contributed by atoms with Crippen molar-refractivity contribution in [2.45, 2.75) is 17.5 Å². The first-order valence-corrected chi connectivity index (χ1v) is 12.3. The van der Waals surface area contributed by atoms with Gasteiger partial charge in [-0.3, -0.25) is 0 Å². The number of rotatable bonds is 8. The average Bonchev–Trinajstić information content (AvgIpc) is 2.82. The Morgan fingerprint density at radius 1 is 1.00 bits per heavy atom. The molecule has 1 heterocycles. The molecule has 0 aliphatic carbocycles. The lowest BCUT2D eigenvalue weighted by atomic mass is 10.1. The first-order chi connectivity index (χ1) is 16.8. The van der Waals surface area contributed by atoms with Gasteiger partial charge in [0, 0.05) is 37.7 Å². The predicted octanol–water partition coefficient (Wildman–Crippen LogP) is 2.99. The van der Waals surface area contributed by atoms with Crippen LogP contribution in [0.4, 0.5) is 13.2 Å². The quantitative estimate of drug-likeness (QED) is 0.512. The number of halogens is 4. The summed E-state index contributed by atoms with van der Waals surface area (Å²) in [4.78, 5) is 22.1. The Morgan fingerprint density at radius 2 is 1.58 bits per heavy atom. The van der Waals surface area contributed by atoms with Crippen molar-refractivity contribution in [2.24, 2.45) is 0 Å². The van der Waals surface area contributed by atoms with Gasteiger partial charge in [-0.1, -0.05) is 29.8 Å². The third-order valence-corrected chi connectivity index (χ3v) is 7.17. The van der Waals surface area contributed by atoms with E-state index in [2.05, 4.69) is 4.90 Å². The summed E-state index contributed by atoms with van der Waals surface area (Å²) in [5.41, 5.74) is 0.832. The van der Waals surface area contributed by atoms with E-state index in [0.29, 0.717) is 54.8 Å². The van der Waals surface area contributed by atoms with Crippen molar-refractivity contribution in [2.75, 3.05) is 39.3 Å². The van der Waals surface area contributed by atoms with Crippen LogP contribution in [0.5, 0.6) is 5.75 Å². The van der Waals surface area contributed by atoms with Crippen LogP contribution < -0.4 is 4.74 Å². The summed E-state index contributed by atoms with van der Waals surface area (Å²) in [6.07, 6.45) is -4.46. The predicted molar refractivity (Wildman–Crippen MR) is 124 cm³/mol. The number of hydrogen-bond acceptors (Lipinski definition) is 6. The number of aliphatic carboxylic acids is 2. The Labute approximate surface area is 210 Å². The molecule has 0 unspecified atom stereocenters. The van der Waals surface area contributed by atoms with Gasteiger partial charge in [-0.2, -0.15) is 17.5 Å². The van der Waals surface area contributed by atoms with Crippen LogP contribution in [-0.4, -0.2) is 85.3 Å². The summed E-state index contributed by atoms with van der Waals surface area (Å²) >= 11 is 6.07. The average molecular weight is 553 g/mol. The van der Waals surface area contributed by atoms with Gasteiger partial charge in [-0.05, 0) is 42.3 Å². The van der Waals surface area contributed by atoms with E-state index in [1.807, 2.05) is 0 Å². The molecule has 2 aromatic rings. The molecule has 1 fully saturated rings. The van der Waals surface area contributed by atoms with Crippen LogP contribution in [0, 0.1) is 0 Å². The second kappa shape index (κ2) is 12.9. The molecule has 0 radical (unpaired) electrons. The molecule has 2 aromatic carbocycles. The van der Waals surface area contributed by atoms with Gasteiger partial charge in [0.2, 0.25) is 10.0 Å². The van der Waals surface area contributed by atoms with Gasteiger partial charge in [0.05, 0.1) is 4.90 Å². The minimum atomic E-state index is -5.08. The molecule has 198 valence electrons. The van der Waals surface area contributed by atoms with Gasteiger partial charge in [0.1, 0.15) is 5.75 Å². The number of alkyl halides is 3. The van der Waals surface area contributed by atoms with E-state index in [9.17, 15) is 26.4 Å². The zero-order chi connectivity index (χ0) is 26.9. The molecule has 3 rings (SSSR count). The van der Waals surface area contributed by atoms with Crippen LogP contribution in [0.1, 0.15) is 5.56 Å². The second-order valence-corrected chi connectivity index (χ2v) is 9.92. The van der Waals surface area contributed by atoms with E-state index in [4.69, 9.17) is 31.3 Å². The van der Waals surface area contributed by atoms with Crippen LogP contribution in [0.25, 0.3) is 0 Å². The van der Waals surface area contributed by atoms with Gasteiger partial charge < -0.3 is 19.8 Å². The Hall–Kier alpha value is -2.87. The minimum Gasteiger partial charge on any atom is -0.482 e. The summed E-state index contributed by atoms with van der Waals surface area (Å²) in [6.45, 7) is 2.38. The Morgan fingerprint density at radius 3 is 2.11 bits per heavy atom. The van der Waals surface area contributed by atoms with Gasteiger partial charge in [0.15, 0.2) is 6.61 Å². The van der Waals surface area contributed by atoms with Crippen molar-refractivity contribution in [3.05, 3.63) is 59.1 Å². The maximum atomic E-state index is 12.7. The summed E-state index contributed by atoms with van der Waals surface area (Å²) in [5, 5.41) is 16.5. The van der Waals surface area contributed by atoms with Crippen LogP contribution in [0.2, 0.25) is 5.02 Å². The lowest BCUT2D eigenvalue weighted by Crippen LogP contribution is -2.49. The van der Waals surface area contributed by atoms with Crippen molar-refractivity contribution in [1.82, 2.24) is 9.21 Å². The van der Waals surface area contributed by atoms with E-state index >= 15 is 0 Å². The van der Waals surface area contributed by atoms with Crippen LogP contribution in [0.15, 0.2) is 53.4 Å². The number of hydrogen-bond donors (Lipinski definition) is 2. The van der Waals surface area contributed by atoms with Crippen molar-refractivity contribution in [3.8, 4) is 5.75 Å². The standard InChI is InChI=1S/C20H23ClN2O5S.C2HF3O2/c21-17-6-7-19(28-15-20(24)25)16(14-17)8-9-22-10-12-23(13-11-22)29(26,27)18-4-2-1-3-5-18;3-2(4,5)1(6)7/h1-7,14H,8-13,15H2,(H,24,25);(H,6,7). The van der Waals surface area contributed by atoms with E-state index in [-0.39, 0.29) is 0 Å². The molecule has 0 atom stereocenters. The molecule has 1 aliphatic heterocycles.